The molecule has 1 aliphatic rings. The Balaban J connectivity index is 1.66. The largest absolute Gasteiger partial charge is 0.497 e. The van der Waals surface area contributed by atoms with Crippen molar-refractivity contribution in [1.82, 2.24) is 10.3 Å². The number of carbonyl (C=O) groups is 2. The van der Waals surface area contributed by atoms with Gasteiger partial charge in [0.25, 0.3) is 0 Å². The minimum Gasteiger partial charge on any atom is -0.497 e. The Hall–Kier alpha value is -3.74. The fourth-order valence-electron chi connectivity index (χ4n) is 4.07. The molecular formula is C25H24FN3O3. The Labute approximate surface area is 186 Å². The summed E-state index contributed by atoms with van der Waals surface area (Å²) in [7, 11) is 1.57. The van der Waals surface area contributed by atoms with Crippen LogP contribution >= 0.6 is 0 Å². The van der Waals surface area contributed by atoms with E-state index in [-0.39, 0.29) is 24.1 Å². The van der Waals surface area contributed by atoms with E-state index in [4.69, 9.17) is 4.74 Å². The molecule has 1 fully saturated rings. The molecule has 2 heterocycles. The second-order valence-corrected chi connectivity index (χ2v) is 7.64. The number of hydrogen-bond donors (Lipinski definition) is 1. The number of pyridine rings is 1. The van der Waals surface area contributed by atoms with Gasteiger partial charge < -0.3 is 15.0 Å². The Morgan fingerprint density at radius 1 is 1.12 bits per heavy atom. The zero-order valence-electron chi connectivity index (χ0n) is 17.7. The van der Waals surface area contributed by atoms with Crippen LogP contribution in [0.15, 0.2) is 72.9 Å². The number of hydrogen-bond acceptors (Lipinski definition) is 4. The molecule has 7 heteroatoms. The highest BCUT2D eigenvalue weighted by Crippen LogP contribution is 2.40. The summed E-state index contributed by atoms with van der Waals surface area (Å²) in [5, 5.41) is 2.95. The van der Waals surface area contributed by atoms with Gasteiger partial charge in [0.2, 0.25) is 11.8 Å². The molecule has 2 atom stereocenters. The van der Waals surface area contributed by atoms with E-state index in [1.807, 2.05) is 18.2 Å². The van der Waals surface area contributed by atoms with Crippen molar-refractivity contribution >= 4 is 17.5 Å². The molecule has 0 saturated carbocycles. The summed E-state index contributed by atoms with van der Waals surface area (Å²) >= 11 is 0. The van der Waals surface area contributed by atoms with Crippen molar-refractivity contribution in [2.45, 2.75) is 25.4 Å². The summed E-state index contributed by atoms with van der Waals surface area (Å²) in [5.74, 6) is -0.456. The van der Waals surface area contributed by atoms with Crippen LogP contribution in [0, 0.1) is 11.7 Å². The number of methoxy groups -OCH3 is 1. The van der Waals surface area contributed by atoms with E-state index in [0.717, 1.165) is 5.69 Å². The number of carbonyl (C=O) groups excluding carboxylic acids is 2. The van der Waals surface area contributed by atoms with Gasteiger partial charge >= 0.3 is 0 Å². The van der Waals surface area contributed by atoms with Gasteiger partial charge in [-0.1, -0.05) is 18.2 Å². The highest BCUT2D eigenvalue weighted by Gasteiger charge is 2.41. The van der Waals surface area contributed by atoms with Gasteiger partial charge in [-0.15, -0.1) is 0 Å². The minimum absolute atomic E-state index is 0.0849. The number of nitrogens with zero attached hydrogens (tertiary/aromatic N) is 2. The van der Waals surface area contributed by atoms with Crippen LogP contribution in [0.25, 0.3) is 0 Å². The molecule has 0 bridgehead atoms. The van der Waals surface area contributed by atoms with Crippen LogP contribution in [0.4, 0.5) is 10.1 Å². The Morgan fingerprint density at radius 3 is 2.53 bits per heavy atom. The standard InChI is InChI=1S/C25H24FN3O3/c1-32-21-11-9-20(10-12-21)29-23(30)14-13-22(24(29)17-5-7-18(26)8-6-17)25(31)28-16-19-4-2-3-15-27-19/h2-12,15,22,24H,13-14,16H2,1H3,(H,28,31)/t22-,24-/m0/s1. The number of rotatable bonds is 6. The molecule has 164 valence electrons. The number of anilines is 1. The average molecular weight is 433 g/mol. The molecule has 0 spiro atoms. The summed E-state index contributed by atoms with van der Waals surface area (Å²) < 4.78 is 18.8. The monoisotopic (exact) mass is 433 g/mol. The second-order valence-electron chi connectivity index (χ2n) is 7.64. The third kappa shape index (κ3) is 4.61. The van der Waals surface area contributed by atoms with Gasteiger partial charge in [0.1, 0.15) is 11.6 Å². The van der Waals surface area contributed by atoms with Gasteiger partial charge in [0, 0.05) is 18.3 Å². The Kier molecular flexibility index (Phi) is 6.44. The van der Waals surface area contributed by atoms with Crippen molar-refractivity contribution in [2.75, 3.05) is 12.0 Å². The fourth-order valence-corrected chi connectivity index (χ4v) is 4.07. The molecule has 0 aliphatic carbocycles. The molecule has 3 aromatic rings. The molecule has 2 aromatic carbocycles. The van der Waals surface area contributed by atoms with Crippen LogP contribution in [0.3, 0.4) is 0 Å². The van der Waals surface area contributed by atoms with Crippen LogP contribution in [-0.2, 0) is 16.1 Å². The first-order valence-electron chi connectivity index (χ1n) is 10.5. The third-order valence-electron chi connectivity index (χ3n) is 5.67. The predicted octanol–water partition coefficient (Wildman–Crippen LogP) is 4.03. The molecule has 4 rings (SSSR count). The van der Waals surface area contributed by atoms with Crippen molar-refractivity contribution in [3.05, 3.63) is 90.0 Å². The van der Waals surface area contributed by atoms with E-state index in [9.17, 15) is 14.0 Å². The van der Waals surface area contributed by atoms with Gasteiger partial charge in [0.05, 0.1) is 31.3 Å². The number of amides is 2. The average Bonchev–Trinajstić information content (AvgIpc) is 2.83. The lowest BCUT2D eigenvalue weighted by Gasteiger charge is -2.41. The van der Waals surface area contributed by atoms with Crippen molar-refractivity contribution in [3.63, 3.8) is 0 Å². The molecule has 0 unspecified atom stereocenters. The van der Waals surface area contributed by atoms with Crippen LogP contribution in [-0.4, -0.2) is 23.9 Å². The Bertz CT molecular complexity index is 1070. The molecule has 6 nitrogen and oxygen atoms in total. The normalized spacial score (nSPS) is 18.3. The third-order valence-corrected chi connectivity index (χ3v) is 5.67. The van der Waals surface area contributed by atoms with Crippen molar-refractivity contribution < 1.29 is 18.7 Å². The topological polar surface area (TPSA) is 71.5 Å². The summed E-state index contributed by atoms with van der Waals surface area (Å²) in [6, 6.07) is 18.1. The van der Waals surface area contributed by atoms with Gasteiger partial charge in [-0.05, 0) is 60.5 Å². The molecule has 32 heavy (non-hydrogen) atoms. The van der Waals surface area contributed by atoms with Crippen LogP contribution in [0.5, 0.6) is 5.75 Å². The van der Waals surface area contributed by atoms with Crippen molar-refractivity contribution in [1.29, 1.82) is 0 Å². The second kappa shape index (κ2) is 9.60. The first-order chi connectivity index (χ1) is 15.6. The molecular weight excluding hydrogens is 409 g/mol. The first-order valence-corrected chi connectivity index (χ1v) is 10.5. The maximum Gasteiger partial charge on any atom is 0.227 e. The van der Waals surface area contributed by atoms with Gasteiger partial charge in [-0.2, -0.15) is 0 Å². The zero-order chi connectivity index (χ0) is 22.5. The molecule has 1 aromatic heterocycles. The molecule has 2 amide bonds. The quantitative estimate of drug-likeness (QED) is 0.637. The molecule has 1 saturated heterocycles. The van der Waals surface area contributed by atoms with Crippen LogP contribution < -0.4 is 15.0 Å². The lowest BCUT2D eigenvalue weighted by Crippen LogP contribution is -2.48. The van der Waals surface area contributed by atoms with E-state index >= 15 is 0 Å². The molecule has 0 radical (unpaired) electrons. The van der Waals surface area contributed by atoms with E-state index in [0.29, 0.717) is 30.0 Å². The van der Waals surface area contributed by atoms with Crippen LogP contribution in [0.1, 0.15) is 30.1 Å². The van der Waals surface area contributed by atoms with E-state index < -0.39 is 12.0 Å². The Morgan fingerprint density at radius 2 is 1.88 bits per heavy atom. The number of benzene rings is 2. The van der Waals surface area contributed by atoms with Gasteiger partial charge in [0.15, 0.2) is 0 Å². The maximum absolute atomic E-state index is 13.6. The molecule has 1 aliphatic heterocycles. The summed E-state index contributed by atoms with van der Waals surface area (Å²) in [6.45, 7) is 0.294. The van der Waals surface area contributed by atoms with Crippen molar-refractivity contribution in [3.8, 4) is 5.75 Å². The first kappa shape index (κ1) is 21.5. The van der Waals surface area contributed by atoms with E-state index in [2.05, 4.69) is 10.3 Å². The number of piperidine rings is 1. The summed E-state index contributed by atoms with van der Waals surface area (Å²) in [6.07, 6.45) is 2.32. The zero-order valence-corrected chi connectivity index (χ0v) is 17.7. The smallest absolute Gasteiger partial charge is 0.227 e. The maximum atomic E-state index is 13.6. The van der Waals surface area contributed by atoms with Gasteiger partial charge in [-0.3, -0.25) is 14.6 Å². The number of ether oxygens (including phenoxy) is 1. The van der Waals surface area contributed by atoms with E-state index in [1.54, 1.807) is 54.6 Å². The summed E-state index contributed by atoms with van der Waals surface area (Å²) in [4.78, 5) is 32.1. The van der Waals surface area contributed by atoms with E-state index in [1.165, 1.54) is 12.1 Å². The predicted molar refractivity (Wildman–Crippen MR) is 118 cm³/mol. The number of aromatic nitrogens is 1. The number of nitrogens with one attached hydrogen (secondary N) is 1. The summed E-state index contributed by atoms with van der Waals surface area (Å²) in [5.41, 5.74) is 2.11. The minimum atomic E-state index is -0.561. The lowest BCUT2D eigenvalue weighted by molar-refractivity contribution is -0.129. The van der Waals surface area contributed by atoms with Crippen molar-refractivity contribution in [2.24, 2.45) is 5.92 Å². The van der Waals surface area contributed by atoms with Gasteiger partial charge in [-0.25, -0.2) is 4.39 Å². The van der Waals surface area contributed by atoms with Crippen LogP contribution in [0.2, 0.25) is 0 Å². The fraction of sp³-hybridized carbons (Fsp3) is 0.240. The lowest BCUT2D eigenvalue weighted by atomic mass is 9.83. The SMILES string of the molecule is COc1ccc(N2C(=O)CC[C@H](C(=O)NCc3ccccn3)[C@@H]2c2ccc(F)cc2)cc1. The number of halogens is 1. The highest BCUT2D eigenvalue weighted by molar-refractivity contribution is 5.97. The molecule has 1 N–H and O–H groups in total. The highest BCUT2D eigenvalue weighted by atomic mass is 19.1.